The van der Waals surface area contributed by atoms with Crippen LogP contribution in [0.5, 0.6) is 5.88 Å². The molecule has 204 valence electrons. The molecule has 0 aliphatic carbocycles. The Morgan fingerprint density at radius 3 is 2.36 bits per heavy atom. The topological polar surface area (TPSA) is 80.7 Å². The molecule has 0 bridgehead atoms. The summed E-state index contributed by atoms with van der Waals surface area (Å²) in [6.45, 7) is 12.2. The highest BCUT2D eigenvalue weighted by atomic mass is 16.3. The second-order valence-electron chi connectivity index (χ2n) is 10.1. The smallest absolute Gasteiger partial charge is 0.251 e. The van der Waals surface area contributed by atoms with Gasteiger partial charge in [0.05, 0.1) is 17.0 Å². The monoisotopic (exact) mass is 524 g/mol. The van der Waals surface area contributed by atoms with Crippen molar-refractivity contribution in [2.75, 3.05) is 19.6 Å². The molecule has 4 rings (SSSR count). The molecule has 3 aromatic carbocycles. The maximum Gasteiger partial charge on any atom is 0.251 e. The van der Waals surface area contributed by atoms with Crippen molar-refractivity contribution >= 4 is 28.2 Å². The van der Waals surface area contributed by atoms with E-state index in [0.29, 0.717) is 29.3 Å². The fourth-order valence-electron chi connectivity index (χ4n) is 4.67. The van der Waals surface area contributed by atoms with Crippen molar-refractivity contribution in [2.24, 2.45) is 10.9 Å². The third-order valence-electron chi connectivity index (χ3n) is 7.42. The maximum absolute atomic E-state index is 12.9. The van der Waals surface area contributed by atoms with Crippen LogP contribution in [0.2, 0.25) is 0 Å². The molecular weight excluding hydrogens is 484 g/mol. The average Bonchev–Trinajstić information content (AvgIpc) is 3.30. The van der Waals surface area contributed by atoms with Crippen LogP contribution in [-0.2, 0) is 6.54 Å². The number of aromatic hydroxyl groups is 1. The molecular formula is C33H40N4O2. The number of nitrogens with one attached hydrogen (secondary N) is 2. The molecule has 0 fully saturated rings. The molecule has 0 saturated heterocycles. The highest BCUT2D eigenvalue weighted by Crippen LogP contribution is 2.32. The summed E-state index contributed by atoms with van der Waals surface area (Å²) >= 11 is 0. The van der Waals surface area contributed by atoms with E-state index >= 15 is 0 Å². The van der Waals surface area contributed by atoms with Crippen LogP contribution in [0.1, 0.15) is 67.6 Å². The van der Waals surface area contributed by atoms with Crippen molar-refractivity contribution in [3.63, 3.8) is 0 Å². The summed E-state index contributed by atoms with van der Waals surface area (Å²) in [7, 11) is 0. The number of aromatic amines is 1. The van der Waals surface area contributed by atoms with Gasteiger partial charge in [-0.1, -0.05) is 76.6 Å². The fraction of sp³-hybridized carbons (Fsp3) is 0.333. The number of carbonyl (C=O) groups is 1. The number of hydrogen-bond donors (Lipinski definition) is 3. The Morgan fingerprint density at radius 1 is 0.974 bits per heavy atom. The summed E-state index contributed by atoms with van der Waals surface area (Å²) in [5.74, 6) is 0.478. The van der Waals surface area contributed by atoms with E-state index in [1.807, 2.05) is 54.6 Å². The molecule has 6 heteroatoms. The van der Waals surface area contributed by atoms with Crippen LogP contribution in [0, 0.1) is 5.92 Å². The number of nitrogens with zero attached hydrogens (tertiary/aromatic N) is 2. The summed E-state index contributed by atoms with van der Waals surface area (Å²) in [4.78, 5) is 23.4. The highest BCUT2D eigenvalue weighted by molar-refractivity contribution is 6.22. The number of carbonyl (C=O) groups excluding carboxylic acids is 1. The quantitative estimate of drug-likeness (QED) is 0.174. The van der Waals surface area contributed by atoms with Crippen molar-refractivity contribution in [3.8, 4) is 5.88 Å². The van der Waals surface area contributed by atoms with Crippen LogP contribution in [0.15, 0.2) is 77.8 Å². The molecule has 1 amide bonds. The van der Waals surface area contributed by atoms with Gasteiger partial charge >= 0.3 is 0 Å². The molecule has 0 aliphatic rings. The second kappa shape index (κ2) is 13.3. The van der Waals surface area contributed by atoms with Gasteiger partial charge in [0, 0.05) is 35.1 Å². The molecule has 1 heterocycles. The molecule has 6 nitrogen and oxygen atoms in total. The predicted octanol–water partition coefficient (Wildman–Crippen LogP) is 7.05. The summed E-state index contributed by atoms with van der Waals surface area (Å²) in [5, 5.41) is 14.8. The van der Waals surface area contributed by atoms with Gasteiger partial charge in [-0.2, -0.15) is 0 Å². The number of fused-ring (bicyclic) bond motifs is 1. The summed E-state index contributed by atoms with van der Waals surface area (Å²) in [6, 6.07) is 23.6. The van der Waals surface area contributed by atoms with E-state index in [9.17, 15) is 9.90 Å². The van der Waals surface area contributed by atoms with Crippen LogP contribution in [0.4, 0.5) is 5.69 Å². The summed E-state index contributed by atoms with van der Waals surface area (Å²) in [5.41, 5.74) is 5.44. The number of benzene rings is 3. The second-order valence-corrected chi connectivity index (χ2v) is 10.1. The third-order valence-corrected chi connectivity index (χ3v) is 7.42. The predicted molar refractivity (Wildman–Crippen MR) is 161 cm³/mol. The number of rotatable bonds is 12. The Morgan fingerprint density at radius 2 is 1.69 bits per heavy atom. The van der Waals surface area contributed by atoms with E-state index in [1.165, 1.54) is 5.56 Å². The first-order valence-electron chi connectivity index (χ1n) is 14.0. The Kier molecular flexibility index (Phi) is 9.55. The summed E-state index contributed by atoms with van der Waals surface area (Å²) in [6.07, 6.45) is 2.03. The minimum Gasteiger partial charge on any atom is -0.494 e. The zero-order chi connectivity index (χ0) is 27.8. The molecule has 3 N–H and O–H groups in total. The van der Waals surface area contributed by atoms with Crippen molar-refractivity contribution < 1.29 is 9.90 Å². The molecule has 0 saturated carbocycles. The van der Waals surface area contributed by atoms with Gasteiger partial charge in [0.2, 0.25) is 0 Å². The van der Waals surface area contributed by atoms with Crippen molar-refractivity contribution in [1.82, 2.24) is 15.2 Å². The lowest BCUT2D eigenvalue weighted by atomic mass is 9.99. The van der Waals surface area contributed by atoms with E-state index in [4.69, 9.17) is 4.99 Å². The third kappa shape index (κ3) is 6.95. The molecule has 0 spiro atoms. The molecule has 39 heavy (non-hydrogen) atoms. The van der Waals surface area contributed by atoms with Crippen LogP contribution in [-0.4, -0.2) is 46.2 Å². The SMILES string of the molecule is CCC(C)CCNC(=O)c1ccc2[nH]c(O)c(C(=Nc3ccc(CN(CC)CC)cc3)c3ccccc3)c2c1. The van der Waals surface area contributed by atoms with Gasteiger partial charge in [-0.15, -0.1) is 0 Å². The first kappa shape index (κ1) is 28.1. The Bertz CT molecular complexity index is 1400. The zero-order valence-corrected chi connectivity index (χ0v) is 23.5. The largest absolute Gasteiger partial charge is 0.494 e. The van der Waals surface area contributed by atoms with E-state index in [1.54, 1.807) is 6.07 Å². The van der Waals surface area contributed by atoms with Gasteiger partial charge in [0.1, 0.15) is 0 Å². The van der Waals surface area contributed by atoms with E-state index in [2.05, 4.69) is 55.0 Å². The van der Waals surface area contributed by atoms with Gasteiger partial charge in [-0.3, -0.25) is 9.69 Å². The molecule has 1 unspecified atom stereocenters. The normalized spacial score (nSPS) is 12.7. The lowest BCUT2D eigenvalue weighted by Gasteiger charge is -2.17. The van der Waals surface area contributed by atoms with Gasteiger partial charge < -0.3 is 15.4 Å². The molecule has 0 aliphatic heterocycles. The lowest BCUT2D eigenvalue weighted by Crippen LogP contribution is -2.25. The zero-order valence-electron chi connectivity index (χ0n) is 23.5. The number of H-pyrrole nitrogens is 1. The van der Waals surface area contributed by atoms with Gasteiger partial charge in [-0.05, 0) is 61.3 Å². The number of aliphatic imine (C=N–C) groups is 1. The van der Waals surface area contributed by atoms with E-state index < -0.39 is 0 Å². The number of hydrogen-bond acceptors (Lipinski definition) is 4. The van der Waals surface area contributed by atoms with Crippen LogP contribution in [0.3, 0.4) is 0 Å². The Hall–Kier alpha value is -3.90. The van der Waals surface area contributed by atoms with Gasteiger partial charge in [0.25, 0.3) is 5.91 Å². The van der Waals surface area contributed by atoms with E-state index in [-0.39, 0.29) is 11.8 Å². The minimum absolute atomic E-state index is 0.0279. The fourth-order valence-corrected chi connectivity index (χ4v) is 4.67. The molecule has 4 aromatic rings. The Labute approximate surface area is 231 Å². The average molecular weight is 525 g/mol. The molecule has 0 radical (unpaired) electrons. The van der Waals surface area contributed by atoms with Crippen molar-refractivity contribution in [1.29, 1.82) is 0 Å². The van der Waals surface area contributed by atoms with E-state index in [0.717, 1.165) is 54.6 Å². The van der Waals surface area contributed by atoms with Crippen molar-refractivity contribution in [2.45, 2.75) is 47.1 Å². The van der Waals surface area contributed by atoms with Crippen LogP contribution in [0.25, 0.3) is 10.9 Å². The highest BCUT2D eigenvalue weighted by Gasteiger charge is 2.20. The molecule has 1 aromatic heterocycles. The maximum atomic E-state index is 12.9. The number of aromatic nitrogens is 1. The van der Waals surface area contributed by atoms with Crippen LogP contribution < -0.4 is 5.32 Å². The lowest BCUT2D eigenvalue weighted by molar-refractivity contribution is 0.0951. The Balaban J connectivity index is 1.71. The number of amides is 1. The first-order valence-corrected chi connectivity index (χ1v) is 14.0. The van der Waals surface area contributed by atoms with Gasteiger partial charge in [-0.25, -0.2) is 4.99 Å². The summed E-state index contributed by atoms with van der Waals surface area (Å²) < 4.78 is 0. The van der Waals surface area contributed by atoms with Gasteiger partial charge in [0.15, 0.2) is 5.88 Å². The van der Waals surface area contributed by atoms with Crippen LogP contribution >= 0.6 is 0 Å². The van der Waals surface area contributed by atoms with Crippen molar-refractivity contribution in [3.05, 3.63) is 95.1 Å². The minimum atomic E-state index is -0.117. The standard InChI is InChI=1S/C33H40N4O2/c1-5-23(4)19-20-34-32(38)26-15-18-29-28(21-26)30(33(39)36-29)31(25-11-9-8-10-12-25)35-27-16-13-24(14-17-27)22-37(6-2)7-3/h8-18,21,23,36,39H,5-7,19-20,22H2,1-4H3,(H,34,38). The first-order chi connectivity index (χ1) is 18.9. The molecule has 1 atom stereocenters.